The second-order valence-electron chi connectivity index (χ2n) is 8.11. The molecule has 1 aromatic heterocycles. The van der Waals surface area contributed by atoms with Crippen LogP contribution in [0.1, 0.15) is 18.5 Å². The van der Waals surface area contributed by atoms with E-state index in [4.69, 9.17) is 0 Å². The summed E-state index contributed by atoms with van der Waals surface area (Å²) in [5.41, 5.74) is 0.998. The summed E-state index contributed by atoms with van der Waals surface area (Å²) in [6.45, 7) is 7.76. The molecule has 3 heterocycles. The minimum absolute atomic E-state index is 0.367. The summed E-state index contributed by atoms with van der Waals surface area (Å²) in [7, 11) is -3.41. The van der Waals surface area contributed by atoms with Crippen molar-refractivity contribution in [1.82, 2.24) is 19.2 Å². The number of aryl methyl sites for hydroxylation is 1. The predicted molar refractivity (Wildman–Crippen MR) is 121 cm³/mol. The van der Waals surface area contributed by atoms with Crippen molar-refractivity contribution in [2.75, 3.05) is 50.7 Å². The number of hydrogen-bond donors (Lipinski definition) is 0. The van der Waals surface area contributed by atoms with Crippen molar-refractivity contribution >= 4 is 31.8 Å². The van der Waals surface area contributed by atoms with Gasteiger partial charge in [-0.3, -0.25) is 0 Å². The number of rotatable bonds is 5. The highest BCUT2D eigenvalue weighted by molar-refractivity contribution is 9.10. The molecule has 0 saturated carbocycles. The highest BCUT2D eigenvalue weighted by atomic mass is 79.9. The van der Waals surface area contributed by atoms with Crippen LogP contribution in [0.15, 0.2) is 46.0 Å². The molecule has 2 fully saturated rings. The lowest BCUT2D eigenvalue weighted by molar-refractivity contribution is 0.155. The van der Waals surface area contributed by atoms with E-state index in [0.29, 0.717) is 23.9 Å². The van der Waals surface area contributed by atoms with Gasteiger partial charge in [-0.05, 0) is 49.9 Å². The summed E-state index contributed by atoms with van der Waals surface area (Å²) in [6.07, 6.45) is 3.92. The molecule has 7 nitrogen and oxygen atoms in total. The third kappa shape index (κ3) is 5.01. The summed E-state index contributed by atoms with van der Waals surface area (Å²) in [5.74, 6) is 1.67. The van der Waals surface area contributed by atoms with Crippen molar-refractivity contribution in [2.24, 2.45) is 5.92 Å². The van der Waals surface area contributed by atoms with Gasteiger partial charge in [0.25, 0.3) is 0 Å². The minimum atomic E-state index is -3.41. The van der Waals surface area contributed by atoms with Gasteiger partial charge in [-0.1, -0.05) is 15.9 Å². The van der Waals surface area contributed by atoms with E-state index in [1.807, 2.05) is 13.0 Å². The molecule has 0 spiro atoms. The highest BCUT2D eigenvalue weighted by Crippen LogP contribution is 2.24. The van der Waals surface area contributed by atoms with E-state index in [1.54, 1.807) is 34.9 Å². The summed E-state index contributed by atoms with van der Waals surface area (Å²) in [4.78, 5) is 13.7. The van der Waals surface area contributed by atoms with Gasteiger partial charge in [-0.2, -0.15) is 4.31 Å². The van der Waals surface area contributed by atoms with E-state index in [2.05, 4.69) is 35.7 Å². The molecule has 0 aliphatic carbocycles. The first-order valence-corrected chi connectivity index (χ1v) is 12.7. The van der Waals surface area contributed by atoms with Gasteiger partial charge in [0.15, 0.2) is 0 Å². The van der Waals surface area contributed by atoms with Crippen LogP contribution in [-0.2, 0) is 10.0 Å². The molecule has 9 heteroatoms. The SMILES string of the molecule is Cc1cc(N2CCC(CN3CCN(S(=O)(=O)c4ccc(Br)cc4)CC3)CC2)ncn1. The lowest BCUT2D eigenvalue weighted by Crippen LogP contribution is -2.50. The largest absolute Gasteiger partial charge is 0.356 e. The molecule has 0 amide bonds. The zero-order chi connectivity index (χ0) is 21.1. The lowest BCUT2D eigenvalue weighted by atomic mass is 9.96. The highest BCUT2D eigenvalue weighted by Gasteiger charge is 2.30. The number of anilines is 1. The fraction of sp³-hybridized carbons (Fsp3) is 0.524. The van der Waals surface area contributed by atoms with Gasteiger partial charge in [0.2, 0.25) is 10.0 Å². The molecule has 0 atom stereocenters. The Morgan fingerprint density at radius 3 is 2.30 bits per heavy atom. The van der Waals surface area contributed by atoms with E-state index in [0.717, 1.165) is 61.5 Å². The fourth-order valence-electron chi connectivity index (χ4n) is 4.23. The minimum Gasteiger partial charge on any atom is -0.356 e. The van der Waals surface area contributed by atoms with Crippen molar-refractivity contribution in [1.29, 1.82) is 0 Å². The van der Waals surface area contributed by atoms with Crippen LogP contribution in [0.25, 0.3) is 0 Å². The number of nitrogens with zero attached hydrogens (tertiary/aromatic N) is 5. The van der Waals surface area contributed by atoms with Crippen LogP contribution in [-0.4, -0.2) is 73.4 Å². The topological polar surface area (TPSA) is 69.6 Å². The molecule has 0 N–H and O–H groups in total. The van der Waals surface area contributed by atoms with E-state index in [9.17, 15) is 8.42 Å². The van der Waals surface area contributed by atoms with E-state index in [1.165, 1.54) is 0 Å². The summed E-state index contributed by atoms with van der Waals surface area (Å²) < 4.78 is 28.2. The van der Waals surface area contributed by atoms with E-state index < -0.39 is 10.0 Å². The van der Waals surface area contributed by atoms with Gasteiger partial charge in [0.05, 0.1) is 4.90 Å². The standard InChI is InChI=1S/C21H28BrN5O2S/c1-17-14-21(24-16-23-17)26-8-6-18(7-9-26)15-25-10-12-27(13-11-25)30(28,29)20-4-2-19(22)3-5-20/h2-5,14,16,18H,6-13,15H2,1H3. The molecule has 0 bridgehead atoms. The van der Waals surface area contributed by atoms with Crippen molar-refractivity contribution in [3.8, 4) is 0 Å². The predicted octanol–water partition coefficient (Wildman–Crippen LogP) is 2.77. The molecule has 0 unspecified atom stereocenters. The zero-order valence-electron chi connectivity index (χ0n) is 17.2. The average molecular weight is 494 g/mol. The quantitative estimate of drug-likeness (QED) is 0.637. The van der Waals surface area contributed by atoms with Gasteiger partial charge in [-0.25, -0.2) is 18.4 Å². The lowest BCUT2D eigenvalue weighted by Gasteiger charge is -2.38. The maximum atomic E-state index is 12.9. The maximum absolute atomic E-state index is 12.9. The fourth-order valence-corrected chi connectivity index (χ4v) is 5.92. The van der Waals surface area contributed by atoms with Crippen LogP contribution in [0.3, 0.4) is 0 Å². The number of benzene rings is 1. The van der Waals surface area contributed by atoms with Gasteiger partial charge >= 0.3 is 0 Å². The third-order valence-corrected chi connectivity index (χ3v) is 8.47. The van der Waals surface area contributed by atoms with E-state index >= 15 is 0 Å². The number of aromatic nitrogens is 2. The van der Waals surface area contributed by atoms with Gasteiger partial charge in [0, 0.05) is 62.0 Å². The molecule has 2 saturated heterocycles. The summed E-state index contributed by atoms with van der Waals surface area (Å²) in [6, 6.07) is 8.93. The van der Waals surface area contributed by atoms with Crippen molar-refractivity contribution in [3.05, 3.63) is 46.8 Å². The average Bonchev–Trinajstić information content (AvgIpc) is 2.75. The molecular formula is C21H28BrN5O2S. The molecule has 162 valence electrons. The molecule has 2 aliphatic rings. The Morgan fingerprint density at radius 1 is 1.00 bits per heavy atom. The maximum Gasteiger partial charge on any atom is 0.243 e. The number of piperidine rings is 1. The number of hydrogen-bond acceptors (Lipinski definition) is 6. The Bertz CT molecular complexity index is 954. The van der Waals surface area contributed by atoms with E-state index in [-0.39, 0.29) is 0 Å². The van der Waals surface area contributed by atoms with Crippen molar-refractivity contribution in [2.45, 2.75) is 24.7 Å². The molecule has 2 aromatic rings. The normalized spacial score (nSPS) is 19.9. The molecule has 4 rings (SSSR count). The molecule has 2 aliphatic heterocycles. The van der Waals surface area contributed by atoms with Gasteiger partial charge < -0.3 is 9.80 Å². The molecular weight excluding hydrogens is 466 g/mol. The number of piperazine rings is 1. The van der Waals surface area contributed by atoms with Crippen LogP contribution in [0, 0.1) is 12.8 Å². The molecule has 30 heavy (non-hydrogen) atoms. The Morgan fingerprint density at radius 2 is 1.67 bits per heavy atom. The Labute approximate surface area is 187 Å². The Hall–Kier alpha value is -1.55. The van der Waals surface area contributed by atoms with Crippen LogP contribution in [0.4, 0.5) is 5.82 Å². The number of sulfonamides is 1. The zero-order valence-corrected chi connectivity index (χ0v) is 19.6. The summed E-state index contributed by atoms with van der Waals surface area (Å²) in [5, 5.41) is 0. The van der Waals surface area contributed by atoms with Gasteiger partial charge in [-0.15, -0.1) is 0 Å². The summed E-state index contributed by atoms with van der Waals surface area (Å²) >= 11 is 3.36. The molecule has 1 aromatic carbocycles. The monoisotopic (exact) mass is 493 g/mol. The second kappa shape index (κ2) is 9.30. The smallest absolute Gasteiger partial charge is 0.243 e. The number of halogens is 1. The first-order valence-electron chi connectivity index (χ1n) is 10.4. The van der Waals surface area contributed by atoms with Crippen LogP contribution in [0.5, 0.6) is 0 Å². The Balaban J connectivity index is 1.26. The van der Waals surface area contributed by atoms with Gasteiger partial charge in [0.1, 0.15) is 12.1 Å². The van der Waals surface area contributed by atoms with Crippen LogP contribution < -0.4 is 4.90 Å². The molecule has 0 radical (unpaired) electrons. The first-order chi connectivity index (χ1) is 14.4. The van der Waals surface area contributed by atoms with Crippen LogP contribution in [0.2, 0.25) is 0 Å². The van der Waals surface area contributed by atoms with Crippen LogP contribution >= 0.6 is 15.9 Å². The van der Waals surface area contributed by atoms with Crippen molar-refractivity contribution in [3.63, 3.8) is 0 Å². The third-order valence-electron chi connectivity index (χ3n) is 6.03. The van der Waals surface area contributed by atoms with Crippen molar-refractivity contribution < 1.29 is 8.42 Å². The first kappa shape index (κ1) is 21.7. The Kier molecular flexibility index (Phi) is 6.72. The second-order valence-corrected chi connectivity index (χ2v) is 11.0.